The van der Waals surface area contributed by atoms with Gasteiger partial charge in [0, 0.05) is 30.3 Å². The third kappa shape index (κ3) is 4.72. The third-order valence-electron chi connectivity index (χ3n) is 3.74. The number of nitrogens with zero attached hydrogens (tertiary/aromatic N) is 1. The van der Waals surface area contributed by atoms with Gasteiger partial charge in [-0.1, -0.05) is 6.07 Å². The van der Waals surface area contributed by atoms with Crippen molar-refractivity contribution in [2.45, 2.75) is 13.2 Å². The topological polar surface area (TPSA) is 99.9 Å². The number of nitro groups is 1. The number of benzene rings is 2. The van der Waals surface area contributed by atoms with Crippen LogP contribution in [0.1, 0.15) is 11.1 Å². The summed E-state index contributed by atoms with van der Waals surface area (Å²) in [6.45, 7) is -2.77. The van der Waals surface area contributed by atoms with Gasteiger partial charge in [-0.3, -0.25) is 14.9 Å². The van der Waals surface area contributed by atoms with Crippen molar-refractivity contribution in [2.24, 2.45) is 0 Å². The number of nitro benzene ring substituents is 1. The Bertz CT molecular complexity index is 932. The Hall–Kier alpha value is -3.69. The van der Waals surface area contributed by atoms with Crippen LogP contribution in [0.2, 0.25) is 0 Å². The molecule has 2 aromatic carbocycles. The van der Waals surface area contributed by atoms with Crippen LogP contribution in [-0.2, 0) is 11.3 Å². The van der Waals surface area contributed by atoms with E-state index in [1.54, 1.807) is 18.2 Å². The zero-order valence-corrected chi connectivity index (χ0v) is 14.3. The van der Waals surface area contributed by atoms with Gasteiger partial charge in [-0.05, 0) is 29.8 Å². The number of carbonyl (C=O) groups excluding carboxylic acids is 1. The molecular formula is C18H14F2N2O6. The molecule has 10 heteroatoms. The summed E-state index contributed by atoms with van der Waals surface area (Å²) in [5.74, 6) is 0.396. The average Bonchev–Trinajstić information content (AvgIpc) is 3.12. The number of rotatable bonds is 7. The SMILES string of the molecule is O=C(/C=C/c1cc([N+](=O)[O-])ccc1OC(F)F)NCc1ccc2c(c1)OCO2. The van der Waals surface area contributed by atoms with Crippen molar-refractivity contribution in [1.82, 2.24) is 5.32 Å². The van der Waals surface area contributed by atoms with Crippen LogP contribution in [-0.4, -0.2) is 24.2 Å². The summed E-state index contributed by atoms with van der Waals surface area (Å²) >= 11 is 0. The Balaban J connectivity index is 1.67. The summed E-state index contributed by atoms with van der Waals surface area (Å²) in [5, 5.41) is 13.5. The number of carbonyl (C=O) groups is 1. The maximum absolute atomic E-state index is 12.5. The molecule has 0 spiro atoms. The number of amides is 1. The van der Waals surface area contributed by atoms with Crippen LogP contribution in [0, 0.1) is 10.1 Å². The van der Waals surface area contributed by atoms with Crippen molar-refractivity contribution in [3.05, 3.63) is 63.7 Å². The van der Waals surface area contributed by atoms with Crippen LogP contribution in [0.15, 0.2) is 42.5 Å². The van der Waals surface area contributed by atoms with Gasteiger partial charge in [-0.2, -0.15) is 8.78 Å². The Morgan fingerprint density at radius 2 is 2.04 bits per heavy atom. The van der Waals surface area contributed by atoms with Crippen LogP contribution >= 0.6 is 0 Å². The lowest BCUT2D eigenvalue weighted by Gasteiger charge is -2.08. The molecule has 8 nitrogen and oxygen atoms in total. The van der Waals surface area contributed by atoms with E-state index >= 15 is 0 Å². The van der Waals surface area contributed by atoms with Gasteiger partial charge in [-0.15, -0.1) is 0 Å². The van der Waals surface area contributed by atoms with Crippen LogP contribution < -0.4 is 19.5 Å². The summed E-state index contributed by atoms with van der Waals surface area (Å²) in [6, 6.07) is 8.33. The first-order chi connectivity index (χ1) is 13.4. The second-order valence-corrected chi connectivity index (χ2v) is 5.60. The molecule has 0 radical (unpaired) electrons. The molecule has 0 aliphatic carbocycles. The molecule has 0 saturated heterocycles. The number of alkyl halides is 2. The Kier molecular flexibility index (Phi) is 5.68. The summed E-state index contributed by atoms with van der Waals surface area (Å²) in [4.78, 5) is 22.2. The van der Waals surface area contributed by atoms with E-state index in [0.29, 0.717) is 11.5 Å². The van der Waals surface area contributed by atoms with Crippen molar-refractivity contribution >= 4 is 17.7 Å². The van der Waals surface area contributed by atoms with E-state index < -0.39 is 17.4 Å². The van der Waals surface area contributed by atoms with Gasteiger partial charge in [0.25, 0.3) is 5.69 Å². The van der Waals surface area contributed by atoms with E-state index in [1.165, 1.54) is 6.08 Å². The number of non-ortho nitro benzene ring substituents is 1. The second kappa shape index (κ2) is 8.33. The van der Waals surface area contributed by atoms with E-state index in [0.717, 1.165) is 29.8 Å². The maximum atomic E-state index is 12.5. The fourth-order valence-electron chi connectivity index (χ4n) is 2.45. The molecule has 1 heterocycles. The first-order valence-corrected chi connectivity index (χ1v) is 8.00. The summed E-state index contributed by atoms with van der Waals surface area (Å²) in [7, 11) is 0. The molecule has 0 aromatic heterocycles. The lowest BCUT2D eigenvalue weighted by Crippen LogP contribution is -2.20. The lowest BCUT2D eigenvalue weighted by atomic mass is 10.1. The van der Waals surface area contributed by atoms with Gasteiger partial charge in [-0.25, -0.2) is 0 Å². The number of hydrogen-bond donors (Lipinski definition) is 1. The monoisotopic (exact) mass is 392 g/mol. The van der Waals surface area contributed by atoms with Crippen LogP contribution in [0.3, 0.4) is 0 Å². The number of fused-ring (bicyclic) bond motifs is 1. The molecule has 0 fully saturated rings. The minimum atomic E-state index is -3.10. The molecular weight excluding hydrogens is 378 g/mol. The normalized spacial score (nSPS) is 12.4. The number of hydrogen-bond acceptors (Lipinski definition) is 6. The highest BCUT2D eigenvalue weighted by Gasteiger charge is 2.15. The van der Waals surface area contributed by atoms with E-state index in [4.69, 9.17) is 9.47 Å². The number of halogens is 2. The van der Waals surface area contributed by atoms with Crippen molar-refractivity contribution in [2.75, 3.05) is 6.79 Å². The smallest absolute Gasteiger partial charge is 0.387 e. The lowest BCUT2D eigenvalue weighted by molar-refractivity contribution is -0.384. The first-order valence-electron chi connectivity index (χ1n) is 8.00. The molecule has 1 aliphatic heterocycles. The maximum Gasteiger partial charge on any atom is 0.387 e. The van der Waals surface area contributed by atoms with E-state index in [9.17, 15) is 23.7 Å². The highest BCUT2D eigenvalue weighted by molar-refractivity contribution is 5.92. The highest BCUT2D eigenvalue weighted by Crippen LogP contribution is 2.32. The molecule has 2 aromatic rings. The molecule has 1 amide bonds. The van der Waals surface area contributed by atoms with Crippen LogP contribution in [0.5, 0.6) is 17.2 Å². The first kappa shape index (κ1) is 19.1. The zero-order chi connectivity index (χ0) is 20.1. The quantitative estimate of drug-likeness (QED) is 0.441. The van der Waals surface area contributed by atoms with Crippen LogP contribution in [0.25, 0.3) is 6.08 Å². The molecule has 0 bridgehead atoms. The second-order valence-electron chi connectivity index (χ2n) is 5.60. The van der Waals surface area contributed by atoms with Gasteiger partial charge in [0.15, 0.2) is 11.5 Å². The highest BCUT2D eigenvalue weighted by atomic mass is 19.3. The largest absolute Gasteiger partial charge is 0.454 e. The molecule has 0 saturated carbocycles. The molecule has 1 aliphatic rings. The number of nitrogens with one attached hydrogen (secondary N) is 1. The molecule has 28 heavy (non-hydrogen) atoms. The summed E-state index contributed by atoms with van der Waals surface area (Å²) in [5.41, 5.74) is 0.429. The summed E-state index contributed by atoms with van der Waals surface area (Å²) < 4.78 is 39.7. The fraction of sp³-hybridized carbons (Fsp3) is 0.167. The summed E-state index contributed by atoms with van der Waals surface area (Å²) in [6.07, 6.45) is 2.24. The molecule has 0 atom stereocenters. The Morgan fingerprint density at radius 1 is 1.25 bits per heavy atom. The van der Waals surface area contributed by atoms with Crippen LogP contribution in [0.4, 0.5) is 14.5 Å². The Labute approximate surface area is 157 Å². The standard InChI is InChI=1S/C18H14F2N2O6/c19-18(20)28-14-5-3-13(22(24)25)8-12(14)2-6-17(23)21-9-11-1-4-15-16(7-11)27-10-26-15/h1-8,18H,9-10H2,(H,21,23)/b6-2+. The fourth-order valence-corrected chi connectivity index (χ4v) is 2.45. The molecule has 3 rings (SSSR count). The molecule has 0 unspecified atom stereocenters. The van der Waals surface area contributed by atoms with Crippen molar-refractivity contribution < 1.29 is 32.7 Å². The van der Waals surface area contributed by atoms with Gasteiger partial charge in [0.1, 0.15) is 5.75 Å². The zero-order valence-electron chi connectivity index (χ0n) is 14.3. The van der Waals surface area contributed by atoms with Crippen molar-refractivity contribution in [1.29, 1.82) is 0 Å². The third-order valence-corrected chi connectivity index (χ3v) is 3.74. The number of ether oxygens (including phenoxy) is 3. The van der Waals surface area contributed by atoms with Crippen molar-refractivity contribution in [3.63, 3.8) is 0 Å². The molecule has 1 N–H and O–H groups in total. The molecule has 146 valence electrons. The van der Waals surface area contributed by atoms with Gasteiger partial charge in [0.2, 0.25) is 12.7 Å². The van der Waals surface area contributed by atoms with Gasteiger partial charge < -0.3 is 19.5 Å². The van der Waals surface area contributed by atoms with Gasteiger partial charge in [0.05, 0.1) is 4.92 Å². The predicted octanol–water partition coefficient (Wildman–Crippen LogP) is 3.25. The van der Waals surface area contributed by atoms with Gasteiger partial charge >= 0.3 is 6.61 Å². The average molecular weight is 392 g/mol. The predicted molar refractivity (Wildman–Crippen MR) is 93.2 cm³/mol. The van der Waals surface area contributed by atoms with E-state index in [-0.39, 0.29) is 30.3 Å². The van der Waals surface area contributed by atoms with Crippen molar-refractivity contribution in [3.8, 4) is 17.2 Å². The van der Waals surface area contributed by atoms with E-state index in [1.807, 2.05) is 0 Å². The minimum absolute atomic E-state index is 0.0206. The van der Waals surface area contributed by atoms with E-state index in [2.05, 4.69) is 10.1 Å². The minimum Gasteiger partial charge on any atom is -0.454 e. The Morgan fingerprint density at radius 3 is 2.79 bits per heavy atom.